The average Bonchev–Trinajstić information content (AvgIpc) is 2.67. The summed E-state index contributed by atoms with van der Waals surface area (Å²) in [4.78, 5) is 23.3. The van der Waals surface area contributed by atoms with Crippen molar-refractivity contribution in [3.8, 4) is 0 Å². The highest BCUT2D eigenvalue weighted by molar-refractivity contribution is 5.72. The number of rotatable bonds is 1. The number of aromatic nitrogens is 4. The van der Waals surface area contributed by atoms with Gasteiger partial charge in [-0.15, -0.1) is 0 Å². The Labute approximate surface area is 85.4 Å². The van der Waals surface area contributed by atoms with E-state index in [9.17, 15) is 9.59 Å². The molecule has 2 rings (SSSR count). The molecular formula is C9H12N4O2. The van der Waals surface area contributed by atoms with Gasteiger partial charge < -0.3 is 0 Å². The molecule has 0 saturated carbocycles. The predicted octanol–water partition coefficient (Wildman–Crippen LogP) is -0.546. The monoisotopic (exact) mass is 208 g/mol. The highest BCUT2D eigenvalue weighted by Crippen LogP contribution is 2.03. The van der Waals surface area contributed by atoms with Crippen LogP contribution in [0.25, 0.3) is 11.0 Å². The fourth-order valence-electron chi connectivity index (χ4n) is 1.55. The van der Waals surface area contributed by atoms with E-state index in [4.69, 9.17) is 0 Å². The fraction of sp³-hybridized carbons (Fsp3) is 0.444. The van der Waals surface area contributed by atoms with E-state index in [1.807, 2.05) is 6.92 Å². The molecule has 0 fully saturated rings. The van der Waals surface area contributed by atoms with E-state index >= 15 is 0 Å². The maximum Gasteiger partial charge on any atom is 0.332 e. The molecule has 0 aliphatic carbocycles. The van der Waals surface area contributed by atoms with Crippen molar-refractivity contribution in [2.75, 3.05) is 0 Å². The lowest BCUT2D eigenvalue weighted by Crippen LogP contribution is -2.36. The molecule has 0 N–H and O–H groups in total. The van der Waals surface area contributed by atoms with Crippen LogP contribution in [0.3, 0.4) is 0 Å². The lowest BCUT2D eigenvalue weighted by Gasteiger charge is -2.00. The van der Waals surface area contributed by atoms with Crippen LogP contribution in [0.5, 0.6) is 0 Å². The standard InChI is InChI=1S/C9H12N4O2/c1-4-13-5-6-7(10-13)11(2)9(15)12(3)8(6)14/h5H,4H2,1-3H3. The maximum atomic E-state index is 11.7. The third-order valence-corrected chi connectivity index (χ3v) is 2.49. The molecule has 2 aromatic rings. The van der Waals surface area contributed by atoms with Gasteiger partial charge in [0.05, 0.1) is 0 Å². The second-order valence-corrected chi connectivity index (χ2v) is 3.43. The van der Waals surface area contributed by atoms with Crippen LogP contribution in [0, 0.1) is 0 Å². The van der Waals surface area contributed by atoms with Crippen LogP contribution in [0.1, 0.15) is 6.92 Å². The summed E-state index contributed by atoms with van der Waals surface area (Å²) in [6.45, 7) is 2.60. The molecule has 0 aromatic carbocycles. The van der Waals surface area contributed by atoms with Crippen molar-refractivity contribution in [3.05, 3.63) is 27.0 Å². The summed E-state index contributed by atoms with van der Waals surface area (Å²) < 4.78 is 4.11. The van der Waals surface area contributed by atoms with Crippen molar-refractivity contribution in [2.24, 2.45) is 14.1 Å². The van der Waals surface area contributed by atoms with Gasteiger partial charge in [0.2, 0.25) is 0 Å². The lowest BCUT2D eigenvalue weighted by atomic mass is 10.4. The van der Waals surface area contributed by atoms with Crippen molar-refractivity contribution in [2.45, 2.75) is 13.5 Å². The summed E-state index contributed by atoms with van der Waals surface area (Å²) in [5.74, 6) is 0. The van der Waals surface area contributed by atoms with Crippen molar-refractivity contribution < 1.29 is 0 Å². The van der Waals surface area contributed by atoms with Crippen LogP contribution in [-0.4, -0.2) is 18.9 Å². The van der Waals surface area contributed by atoms with E-state index in [2.05, 4.69) is 5.10 Å². The van der Waals surface area contributed by atoms with Crippen LogP contribution in [0.2, 0.25) is 0 Å². The van der Waals surface area contributed by atoms with Gasteiger partial charge in [-0.25, -0.2) is 4.79 Å². The SMILES string of the molecule is CCn1cc2c(=O)n(C)c(=O)n(C)c2n1. The van der Waals surface area contributed by atoms with E-state index in [1.54, 1.807) is 17.9 Å². The smallest absolute Gasteiger partial charge is 0.279 e. The summed E-state index contributed by atoms with van der Waals surface area (Å²) in [6.07, 6.45) is 1.66. The molecule has 0 aliphatic heterocycles. The minimum Gasteiger partial charge on any atom is -0.279 e. The Morgan fingerprint density at radius 3 is 2.53 bits per heavy atom. The Balaban J connectivity index is 3.04. The zero-order valence-corrected chi connectivity index (χ0v) is 8.89. The molecule has 6 nitrogen and oxygen atoms in total. The molecule has 0 aliphatic rings. The van der Waals surface area contributed by atoms with Crippen LogP contribution in [-0.2, 0) is 20.6 Å². The van der Waals surface area contributed by atoms with E-state index in [1.165, 1.54) is 11.6 Å². The van der Waals surface area contributed by atoms with Crippen LogP contribution < -0.4 is 11.2 Å². The van der Waals surface area contributed by atoms with Crippen LogP contribution in [0.15, 0.2) is 15.8 Å². The summed E-state index contributed by atoms with van der Waals surface area (Å²) >= 11 is 0. The Hall–Kier alpha value is -1.85. The molecule has 2 aromatic heterocycles. The third-order valence-electron chi connectivity index (χ3n) is 2.49. The van der Waals surface area contributed by atoms with E-state index in [0.717, 1.165) is 4.57 Å². The van der Waals surface area contributed by atoms with E-state index in [-0.39, 0.29) is 11.2 Å². The zero-order valence-electron chi connectivity index (χ0n) is 8.89. The van der Waals surface area contributed by atoms with Gasteiger partial charge in [0.1, 0.15) is 5.39 Å². The molecule has 6 heteroatoms. The van der Waals surface area contributed by atoms with Gasteiger partial charge in [-0.1, -0.05) is 0 Å². The van der Waals surface area contributed by atoms with Gasteiger partial charge in [0, 0.05) is 26.8 Å². The molecular weight excluding hydrogens is 196 g/mol. The minimum absolute atomic E-state index is 0.298. The second-order valence-electron chi connectivity index (χ2n) is 3.43. The highest BCUT2D eigenvalue weighted by Gasteiger charge is 2.11. The molecule has 0 bridgehead atoms. The van der Waals surface area contributed by atoms with Crippen molar-refractivity contribution in [1.82, 2.24) is 18.9 Å². The Bertz CT molecular complexity index is 632. The van der Waals surface area contributed by atoms with Gasteiger partial charge in [-0.2, -0.15) is 5.10 Å². The summed E-state index contributed by atoms with van der Waals surface area (Å²) in [5.41, 5.74) is -0.216. The summed E-state index contributed by atoms with van der Waals surface area (Å²) in [6, 6.07) is 0. The molecule has 0 spiro atoms. The van der Waals surface area contributed by atoms with Crippen molar-refractivity contribution in [1.29, 1.82) is 0 Å². The molecule has 0 unspecified atom stereocenters. The number of nitrogens with zero attached hydrogens (tertiary/aromatic N) is 4. The normalized spacial score (nSPS) is 11.1. The number of hydrogen-bond acceptors (Lipinski definition) is 3. The Kier molecular flexibility index (Phi) is 1.99. The molecule has 0 amide bonds. The minimum atomic E-state index is -0.353. The average molecular weight is 208 g/mol. The first-order valence-corrected chi connectivity index (χ1v) is 4.69. The number of aryl methyl sites for hydroxylation is 2. The molecule has 2 heterocycles. The largest absolute Gasteiger partial charge is 0.332 e. The first-order valence-electron chi connectivity index (χ1n) is 4.69. The van der Waals surface area contributed by atoms with Gasteiger partial charge >= 0.3 is 5.69 Å². The topological polar surface area (TPSA) is 61.8 Å². The lowest BCUT2D eigenvalue weighted by molar-refractivity contribution is 0.653. The number of hydrogen-bond donors (Lipinski definition) is 0. The maximum absolute atomic E-state index is 11.7. The molecule has 0 atom stereocenters. The molecule has 0 radical (unpaired) electrons. The van der Waals surface area contributed by atoms with E-state index in [0.29, 0.717) is 17.6 Å². The van der Waals surface area contributed by atoms with Gasteiger partial charge in [-0.05, 0) is 6.92 Å². The first kappa shape index (κ1) is 9.70. The van der Waals surface area contributed by atoms with E-state index < -0.39 is 0 Å². The van der Waals surface area contributed by atoms with Crippen molar-refractivity contribution in [3.63, 3.8) is 0 Å². The molecule has 0 saturated heterocycles. The fourth-order valence-corrected chi connectivity index (χ4v) is 1.55. The van der Waals surface area contributed by atoms with Gasteiger partial charge in [0.25, 0.3) is 5.56 Å². The Morgan fingerprint density at radius 2 is 1.93 bits per heavy atom. The number of fused-ring (bicyclic) bond motifs is 1. The van der Waals surface area contributed by atoms with Crippen molar-refractivity contribution >= 4 is 11.0 Å². The third kappa shape index (κ3) is 1.21. The van der Waals surface area contributed by atoms with Gasteiger partial charge in [-0.3, -0.25) is 18.6 Å². The molecule has 80 valence electrons. The summed E-state index contributed by atoms with van der Waals surface area (Å²) in [5, 5.41) is 4.63. The first-order chi connectivity index (χ1) is 7.06. The molecule has 15 heavy (non-hydrogen) atoms. The second kappa shape index (κ2) is 3.08. The zero-order chi connectivity index (χ0) is 11.2. The quantitative estimate of drug-likeness (QED) is 0.632. The van der Waals surface area contributed by atoms with Crippen LogP contribution >= 0.6 is 0 Å². The van der Waals surface area contributed by atoms with Gasteiger partial charge in [0.15, 0.2) is 5.65 Å². The highest BCUT2D eigenvalue weighted by atomic mass is 16.2. The Morgan fingerprint density at radius 1 is 1.27 bits per heavy atom. The summed E-state index contributed by atoms with van der Waals surface area (Å²) in [7, 11) is 3.07. The van der Waals surface area contributed by atoms with Crippen LogP contribution in [0.4, 0.5) is 0 Å². The predicted molar refractivity (Wildman–Crippen MR) is 55.9 cm³/mol.